The van der Waals surface area contributed by atoms with E-state index in [0.717, 1.165) is 6.42 Å². The van der Waals surface area contributed by atoms with Gasteiger partial charge >= 0.3 is 26.2 Å². The molecular weight excluding hydrogens is 505 g/mol. The van der Waals surface area contributed by atoms with E-state index in [1.165, 1.54) is 25.1 Å². The van der Waals surface area contributed by atoms with Crippen molar-refractivity contribution in [1.82, 2.24) is 0 Å². The Morgan fingerprint density at radius 3 is 2.32 bits per heavy atom. The van der Waals surface area contributed by atoms with E-state index in [-0.39, 0.29) is 51.0 Å². The van der Waals surface area contributed by atoms with Crippen LogP contribution >= 0.6 is 22.6 Å². The van der Waals surface area contributed by atoms with Crippen LogP contribution in [0.1, 0.15) is 6.42 Å². The molecule has 4 heteroatoms. The minimum absolute atomic E-state index is 0. The molecule has 0 spiro atoms. The molecule has 0 unspecified atom stereocenters. The summed E-state index contributed by atoms with van der Waals surface area (Å²) in [5.41, 5.74) is 0. The average molecular weight is 518 g/mol. The monoisotopic (exact) mass is 516 g/mol. The van der Waals surface area contributed by atoms with Crippen LogP contribution in [0.4, 0.5) is 0 Å². The molecule has 1 aliphatic carbocycles. The smallest absolute Gasteiger partial charge is 1.00 e. The van der Waals surface area contributed by atoms with Crippen molar-refractivity contribution in [2.24, 2.45) is 0 Å². The molecule has 0 aromatic heterocycles. The van der Waals surface area contributed by atoms with Gasteiger partial charge < -0.3 is 24.8 Å². The Morgan fingerprint density at radius 1 is 0.955 bits per heavy atom. The third kappa shape index (κ3) is 5.26. The predicted octanol–water partition coefficient (Wildman–Crippen LogP) is -0.372. The summed E-state index contributed by atoms with van der Waals surface area (Å²) in [5.74, 6) is 0. The Bertz CT molecular complexity index is 765. The van der Waals surface area contributed by atoms with Crippen molar-refractivity contribution in [1.29, 1.82) is 0 Å². The first kappa shape index (κ1) is 22.0. The van der Waals surface area contributed by atoms with E-state index in [1.54, 1.807) is 0 Å². The van der Waals surface area contributed by atoms with E-state index in [1.807, 2.05) is 12.2 Å². The van der Waals surface area contributed by atoms with Crippen LogP contribution in [0.25, 0.3) is 21.5 Å². The van der Waals surface area contributed by atoms with Crippen LogP contribution in [0.3, 0.4) is 0 Å². The molecule has 0 saturated heterocycles. The molecule has 22 heavy (non-hydrogen) atoms. The Balaban J connectivity index is 0.000000482. The van der Waals surface area contributed by atoms with Crippen molar-refractivity contribution in [3.05, 3.63) is 76.4 Å². The van der Waals surface area contributed by atoms with Gasteiger partial charge in [-0.3, -0.25) is 6.08 Å². The molecule has 0 amide bonds. The summed E-state index contributed by atoms with van der Waals surface area (Å²) in [6, 6.07) is 17.4. The van der Waals surface area contributed by atoms with E-state index in [0.29, 0.717) is 0 Å². The zero-order valence-electron chi connectivity index (χ0n) is 11.7. The molecule has 0 heterocycles. The fraction of sp³-hybridized carbons (Fsp3) is 0.0556. The van der Waals surface area contributed by atoms with Crippen LogP contribution in [0.5, 0.6) is 0 Å². The average Bonchev–Trinajstić information content (AvgIpc) is 3.09. The van der Waals surface area contributed by atoms with Gasteiger partial charge in [-0.15, -0.1) is 46.2 Å². The van der Waals surface area contributed by atoms with Gasteiger partial charge in [0.2, 0.25) is 0 Å². The number of fused-ring (bicyclic) bond motifs is 3. The van der Waals surface area contributed by atoms with Crippen molar-refractivity contribution in [2.45, 2.75) is 6.42 Å². The second-order valence-electron chi connectivity index (χ2n) is 4.47. The Kier molecular flexibility index (Phi) is 10.7. The van der Waals surface area contributed by atoms with E-state index in [4.69, 9.17) is 0 Å². The van der Waals surface area contributed by atoms with Gasteiger partial charge in [-0.25, -0.2) is 12.2 Å². The number of allylic oxidation sites excluding steroid dienone is 4. The molecule has 4 rings (SSSR count). The van der Waals surface area contributed by atoms with Crippen molar-refractivity contribution in [3.8, 4) is 0 Å². The first-order valence-electron chi connectivity index (χ1n) is 6.30. The van der Waals surface area contributed by atoms with Gasteiger partial charge in [0, 0.05) is 0 Å². The van der Waals surface area contributed by atoms with Gasteiger partial charge in [0.05, 0.1) is 0 Å². The SMILES string of the molecule is Ic1ccc2c(c1)[cH-]c1ccccc12.[C-]1=CC=CC1.[Cl-].[Cl-].[Zr+4]. The third-order valence-electron chi connectivity index (χ3n) is 3.16. The molecule has 0 bridgehead atoms. The van der Waals surface area contributed by atoms with E-state index < -0.39 is 0 Å². The summed E-state index contributed by atoms with van der Waals surface area (Å²) in [6.07, 6.45) is 10.0. The summed E-state index contributed by atoms with van der Waals surface area (Å²) in [6.45, 7) is 0. The maximum Gasteiger partial charge on any atom is 4.00 e. The first-order valence-corrected chi connectivity index (χ1v) is 7.38. The van der Waals surface area contributed by atoms with Crippen LogP contribution in [0, 0.1) is 9.65 Å². The van der Waals surface area contributed by atoms with Gasteiger partial charge in [-0.2, -0.15) is 6.08 Å². The fourth-order valence-corrected chi connectivity index (χ4v) is 2.79. The number of hydrogen-bond acceptors (Lipinski definition) is 0. The van der Waals surface area contributed by atoms with Crippen LogP contribution in [-0.2, 0) is 26.2 Å². The van der Waals surface area contributed by atoms with Gasteiger partial charge in [0.1, 0.15) is 0 Å². The number of rotatable bonds is 0. The maximum atomic E-state index is 2.99. The van der Waals surface area contributed by atoms with Gasteiger partial charge in [0.15, 0.2) is 0 Å². The second kappa shape index (κ2) is 10.7. The van der Waals surface area contributed by atoms with E-state index in [2.05, 4.69) is 83.3 Å². The normalized spacial score (nSPS) is 11.1. The van der Waals surface area contributed by atoms with Crippen molar-refractivity contribution in [3.63, 3.8) is 0 Å². The number of halogens is 3. The summed E-state index contributed by atoms with van der Waals surface area (Å²) >= 11 is 2.35. The van der Waals surface area contributed by atoms with Crippen LogP contribution < -0.4 is 24.8 Å². The Hall–Kier alpha value is -0.0169. The molecule has 1 aliphatic rings. The Labute approximate surface area is 176 Å². The fourth-order valence-electron chi connectivity index (χ4n) is 2.27. The molecule has 0 radical (unpaired) electrons. The standard InChI is InChI=1S/C13H8I.C5H5.2ClH.Zr/c14-11-5-6-13-10(8-11)7-9-3-1-2-4-12(9)13;1-2-4-5-3-1;;;/h1-8H;1-3H,4H2;2*1H;/q2*-1;;;+4/p-2. The van der Waals surface area contributed by atoms with Crippen molar-refractivity contribution in [2.75, 3.05) is 0 Å². The first-order chi connectivity index (χ1) is 9.34. The van der Waals surface area contributed by atoms with Gasteiger partial charge in [-0.05, 0) is 3.57 Å². The molecule has 0 N–H and O–H groups in total. The van der Waals surface area contributed by atoms with Crippen LogP contribution in [0.15, 0.2) is 66.8 Å². The van der Waals surface area contributed by atoms with Gasteiger partial charge in [0.25, 0.3) is 0 Å². The molecule has 110 valence electrons. The summed E-state index contributed by atoms with van der Waals surface area (Å²) < 4.78 is 1.30. The summed E-state index contributed by atoms with van der Waals surface area (Å²) in [7, 11) is 0. The minimum atomic E-state index is 0. The molecule has 0 saturated carbocycles. The zero-order valence-corrected chi connectivity index (χ0v) is 17.8. The van der Waals surface area contributed by atoms with Crippen LogP contribution in [-0.4, -0.2) is 0 Å². The quantitative estimate of drug-likeness (QED) is 0.282. The summed E-state index contributed by atoms with van der Waals surface area (Å²) in [4.78, 5) is 0. The van der Waals surface area contributed by atoms with Gasteiger partial charge in [-0.1, -0.05) is 52.9 Å². The van der Waals surface area contributed by atoms with Crippen molar-refractivity contribution >= 4 is 44.1 Å². The second-order valence-corrected chi connectivity index (χ2v) is 5.71. The van der Waals surface area contributed by atoms with E-state index in [9.17, 15) is 0 Å². The molecule has 0 nitrogen and oxygen atoms in total. The molecule has 0 fully saturated rings. The van der Waals surface area contributed by atoms with E-state index >= 15 is 0 Å². The molecule has 0 atom stereocenters. The third-order valence-corrected chi connectivity index (χ3v) is 3.83. The van der Waals surface area contributed by atoms with Crippen molar-refractivity contribution < 1.29 is 51.0 Å². The predicted molar refractivity (Wildman–Crippen MR) is 91.3 cm³/mol. The Morgan fingerprint density at radius 2 is 1.68 bits per heavy atom. The minimum Gasteiger partial charge on any atom is -1.00 e. The molecule has 3 aromatic carbocycles. The largest absolute Gasteiger partial charge is 4.00 e. The summed E-state index contributed by atoms with van der Waals surface area (Å²) in [5, 5.41) is 5.41. The molecular formula is C18H13Cl2IZr. The topological polar surface area (TPSA) is 0 Å². The molecule has 0 aliphatic heterocycles. The zero-order chi connectivity index (χ0) is 13.1. The molecule has 3 aromatic rings. The number of hydrogen-bond donors (Lipinski definition) is 0. The number of benzene rings is 2. The maximum absolute atomic E-state index is 2.99. The van der Waals surface area contributed by atoms with Crippen LogP contribution in [0.2, 0.25) is 0 Å².